The molecule has 0 unspecified atom stereocenters. The van der Waals surface area contributed by atoms with Crippen LogP contribution in [0.15, 0.2) is 6.20 Å². The molecule has 1 aliphatic rings. The fraction of sp³-hybridized carbons (Fsp3) is 0.538. The average molecular weight is 293 g/mol. The highest BCUT2D eigenvalue weighted by molar-refractivity contribution is 5.70. The fourth-order valence-corrected chi connectivity index (χ4v) is 2.17. The lowest BCUT2D eigenvalue weighted by molar-refractivity contribution is 0.0721. The topological polar surface area (TPSA) is 88.6 Å². The Labute approximate surface area is 124 Å². The summed E-state index contributed by atoms with van der Waals surface area (Å²) in [6, 6.07) is 0. The maximum absolute atomic E-state index is 8.92. The predicted octanol–water partition coefficient (Wildman–Crippen LogP) is -0.267. The zero-order valence-corrected chi connectivity index (χ0v) is 12.9. The van der Waals surface area contributed by atoms with Gasteiger partial charge in [0.15, 0.2) is 0 Å². The van der Waals surface area contributed by atoms with E-state index in [1.54, 1.807) is 0 Å². The summed E-state index contributed by atoms with van der Waals surface area (Å²) in [7, 11) is 7.70. The number of aromatic nitrogens is 2. The van der Waals surface area contributed by atoms with E-state index >= 15 is 0 Å². The largest absolute Gasteiger partial charge is 0.395 e. The molecular formula is C13H23N7O. The first-order chi connectivity index (χ1) is 10.1. The molecule has 1 aromatic heterocycles. The molecule has 0 spiro atoms. The maximum atomic E-state index is 8.92. The smallest absolute Gasteiger partial charge is 0.225 e. The van der Waals surface area contributed by atoms with Crippen molar-refractivity contribution in [3.05, 3.63) is 17.5 Å². The number of aliphatic hydroxyl groups excluding tert-OH is 1. The number of nitrogens with one attached hydrogen (secondary N) is 3. The van der Waals surface area contributed by atoms with Crippen molar-refractivity contribution >= 4 is 17.5 Å². The molecular weight excluding hydrogens is 270 g/mol. The van der Waals surface area contributed by atoms with Crippen LogP contribution in [-0.4, -0.2) is 66.4 Å². The molecule has 2 rings (SSSR count). The highest BCUT2D eigenvalue weighted by atomic mass is 16.3. The van der Waals surface area contributed by atoms with E-state index in [1.807, 2.05) is 39.4 Å². The van der Waals surface area contributed by atoms with Gasteiger partial charge in [-0.3, -0.25) is 0 Å². The number of fused-ring (bicyclic) bond motifs is 1. The Morgan fingerprint density at radius 1 is 1.29 bits per heavy atom. The minimum atomic E-state index is 0.0401. The van der Waals surface area contributed by atoms with Crippen LogP contribution in [-0.2, 0) is 6.54 Å². The zero-order chi connectivity index (χ0) is 15.4. The van der Waals surface area contributed by atoms with Gasteiger partial charge in [0.1, 0.15) is 11.5 Å². The highest BCUT2D eigenvalue weighted by Crippen LogP contribution is 2.29. The normalized spacial score (nSPS) is 13.8. The molecule has 0 radical (unpaired) electrons. The second-order valence-corrected chi connectivity index (χ2v) is 4.86. The summed E-state index contributed by atoms with van der Waals surface area (Å²) in [5.74, 6) is 1.29. The number of hydrogen-bond acceptors (Lipinski definition) is 8. The highest BCUT2D eigenvalue weighted by Gasteiger charge is 2.24. The molecule has 0 aromatic carbocycles. The molecule has 2 heterocycles. The first-order valence-corrected chi connectivity index (χ1v) is 6.88. The van der Waals surface area contributed by atoms with Crippen LogP contribution in [0.1, 0.15) is 11.3 Å². The summed E-state index contributed by atoms with van der Waals surface area (Å²) in [5.41, 5.74) is 2.83. The van der Waals surface area contributed by atoms with Gasteiger partial charge in [-0.1, -0.05) is 0 Å². The summed E-state index contributed by atoms with van der Waals surface area (Å²) < 4.78 is 0. The second kappa shape index (κ2) is 6.59. The van der Waals surface area contributed by atoms with Gasteiger partial charge in [-0.25, -0.2) is 9.99 Å². The number of hydrazine groups is 1. The van der Waals surface area contributed by atoms with Crippen LogP contribution >= 0.6 is 0 Å². The molecule has 0 bridgehead atoms. The molecule has 8 nitrogen and oxygen atoms in total. The molecule has 0 fully saturated rings. The van der Waals surface area contributed by atoms with E-state index < -0.39 is 0 Å². The molecule has 0 saturated carbocycles. The number of nitrogens with zero attached hydrogens (tertiary/aromatic N) is 4. The SMILES string of the molecule is CNC1=CN(N(C)C)Cc2c(NC)nc(NCCO)nc21. The lowest BCUT2D eigenvalue weighted by Crippen LogP contribution is -2.36. The van der Waals surface area contributed by atoms with Crippen molar-refractivity contribution in [2.45, 2.75) is 6.54 Å². The molecule has 1 aromatic rings. The summed E-state index contributed by atoms with van der Waals surface area (Å²) >= 11 is 0. The molecule has 0 amide bonds. The minimum absolute atomic E-state index is 0.0401. The molecule has 8 heteroatoms. The van der Waals surface area contributed by atoms with Gasteiger partial charge in [0.05, 0.1) is 18.8 Å². The Hall–Kier alpha value is -2.06. The summed E-state index contributed by atoms with van der Waals surface area (Å²) in [4.78, 5) is 9.02. The maximum Gasteiger partial charge on any atom is 0.225 e. The van der Waals surface area contributed by atoms with E-state index in [4.69, 9.17) is 5.11 Å². The van der Waals surface area contributed by atoms with E-state index in [0.717, 1.165) is 22.8 Å². The Morgan fingerprint density at radius 3 is 2.62 bits per heavy atom. The van der Waals surface area contributed by atoms with Crippen molar-refractivity contribution in [1.29, 1.82) is 0 Å². The van der Waals surface area contributed by atoms with Gasteiger partial charge in [0.25, 0.3) is 0 Å². The van der Waals surface area contributed by atoms with Gasteiger partial charge in [0, 0.05) is 46.5 Å². The van der Waals surface area contributed by atoms with Crippen LogP contribution < -0.4 is 16.0 Å². The van der Waals surface area contributed by atoms with E-state index in [9.17, 15) is 0 Å². The quantitative estimate of drug-likeness (QED) is 0.570. The Morgan fingerprint density at radius 2 is 2.05 bits per heavy atom. The van der Waals surface area contributed by atoms with Crippen molar-refractivity contribution in [1.82, 2.24) is 25.3 Å². The van der Waals surface area contributed by atoms with Gasteiger partial charge < -0.3 is 26.1 Å². The average Bonchev–Trinajstić information content (AvgIpc) is 2.50. The van der Waals surface area contributed by atoms with Crippen LogP contribution in [0, 0.1) is 0 Å². The number of rotatable bonds is 6. The predicted molar refractivity (Wildman–Crippen MR) is 83.4 cm³/mol. The molecule has 0 aliphatic carbocycles. The molecule has 0 atom stereocenters. The van der Waals surface area contributed by atoms with Gasteiger partial charge >= 0.3 is 0 Å². The number of anilines is 2. The van der Waals surface area contributed by atoms with E-state index in [0.29, 0.717) is 19.0 Å². The van der Waals surface area contributed by atoms with Gasteiger partial charge in [-0.05, 0) is 0 Å². The van der Waals surface area contributed by atoms with Crippen molar-refractivity contribution in [3.63, 3.8) is 0 Å². The third-order valence-corrected chi connectivity index (χ3v) is 3.28. The van der Waals surface area contributed by atoms with Crippen molar-refractivity contribution in [2.24, 2.45) is 0 Å². The first kappa shape index (κ1) is 15.3. The van der Waals surface area contributed by atoms with Gasteiger partial charge in [-0.2, -0.15) is 4.98 Å². The van der Waals surface area contributed by atoms with E-state index in [-0.39, 0.29) is 6.61 Å². The van der Waals surface area contributed by atoms with Crippen LogP contribution in [0.25, 0.3) is 5.70 Å². The Kier molecular flexibility index (Phi) is 4.81. The fourth-order valence-electron chi connectivity index (χ4n) is 2.17. The van der Waals surface area contributed by atoms with E-state index in [1.165, 1.54) is 0 Å². The molecule has 0 saturated heterocycles. The van der Waals surface area contributed by atoms with Crippen molar-refractivity contribution < 1.29 is 5.11 Å². The Bertz CT molecular complexity index is 529. The third-order valence-electron chi connectivity index (χ3n) is 3.28. The summed E-state index contributed by atoms with van der Waals surface area (Å²) in [6.45, 7) is 1.16. The third kappa shape index (κ3) is 3.17. The molecule has 21 heavy (non-hydrogen) atoms. The van der Waals surface area contributed by atoms with Crippen LogP contribution in [0.5, 0.6) is 0 Å². The standard InChI is InChI=1S/C13H23N7O/c1-14-10-8-20(19(3)4)7-9-11(10)17-13(16-5-6-21)18-12(9)15-2/h8,14,21H,5-7H2,1-4H3,(H2,15,16,17,18). The summed E-state index contributed by atoms with van der Waals surface area (Å²) in [5, 5.41) is 22.3. The van der Waals surface area contributed by atoms with Gasteiger partial charge in [0.2, 0.25) is 5.95 Å². The van der Waals surface area contributed by atoms with Crippen LogP contribution in [0.3, 0.4) is 0 Å². The number of aliphatic hydroxyl groups is 1. The zero-order valence-electron chi connectivity index (χ0n) is 12.9. The molecule has 1 aliphatic heterocycles. The lowest BCUT2D eigenvalue weighted by Gasteiger charge is -2.33. The van der Waals surface area contributed by atoms with Crippen molar-refractivity contribution in [3.8, 4) is 0 Å². The lowest BCUT2D eigenvalue weighted by atomic mass is 10.1. The van der Waals surface area contributed by atoms with Gasteiger partial charge in [-0.15, -0.1) is 0 Å². The minimum Gasteiger partial charge on any atom is -0.395 e. The second-order valence-electron chi connectivity index (χ2n) is 4.86. The van der Waals surface area contributed by atoms with E-state index in [2.05, 4.69) is 30.9 Å². The monoisotopic (exact) mass is 293 g/mol. The first-order valence-electron chi connectivity index (χ1n) is 6.88. The van der Waals surface area contributed by atoms with Crippen LogP contribution in [0.4, 0.5) is 11.8 Å². The summed E-state index contributed by atoms with van der Waals surface area (Å²) in [6.07, 6.45) is 2.02. The Balaban J connectivity index is 2.45. The molecule has 4 N–H and O–H groups in total. The van der Waals surface area contributed by atoms with Crippen molar-refractivity contribution in [2.75, 3.05) is 52.0 Å². The molecule has 116 valence electrons. The van der Waals surface area contributed by atoms with Crippen LogP contribution in [0.2, 0.25) is 0 Å². The number of hydrogen-bond donors (Lipinski definition) is 4.